The van der Waals surface area contributed by atoms with Crippen LogP contribution in [0, 0.1) is 12.3 Å². The Hall–Kier alpha value is -1.31. The Morgan fingerprint density at radius 2 is 1.94 bits per heavy atom. The van der Waals surface area contributed by atoms with Crippen LogP contribution in [0.15, 0.2) is 18.2 Å². The van der Waals surface area contributed by atoms with Crippen LogP contribution in [0.25, 0.3) is 0 Å². The molecule has 0 saturated heterocycles. The first kappa shape index (κ1) is 13.8. The van der Waals surface area contributed by atoms with Gasteiger partial charge in [-0.15, -0.1) is 0 Å². The third-order valence-electron chi connectivity index (χ3n) is 2.69. The maximum atomic E-state index is 11.2. The van der Waals surface area contributed by atoms with Crippen molar-refractivity contribution >= 4 is 5.78 Å². The Labute approximate surface area is 104 Å². The van der Waals surface area contributed by atoms with Crippen LogP contribution in [-0.2, 0) is 0 Å². The summed E-state index contributed by atoms with van der Waals surface area (Å²) in [4.78, 5) is 11.2. The number of ether oxygens (including phenoxy) is 1. The first-order valence-electron chi connectivity index (χ1n) is 6.04. The van der Waals surface area contributed by atoms with Crippen molar-refractivity contribution in [3.05, 3.63) is 29.3 Å². The van der Waals surface area contributed by atoms with E-state index in [9.17, 15) is 4.79 Å². The summed E-state index contributed by atoms with van der Waals surface area (Å²) in [5, 5.41) is 0. The molecule has 0 radical (unpaired) electrons. The molecule has 0 unspecified atom stereocenters. The quantitative estimate of drug-likeness (QED) is 0.736. The third kappa shape index (κ3) is 4.59. The zero-order chi connectivity index (χ0) is 13.1. The highest BCUT2D eigenvalue weighted by molar-refractivity contribution is 5.94. The van der Waals surface area contributed by atoms with Crippen LogP contribution in [0.4, 0.5) is 0 Å². The van der Waals surface area contributed by atoms with Gasteiger partial charge in [0.2, 0.25) is 0 Å². The van der Waals surface area contributed by atoms with Crippen molar-refractivity contribution in [3.63, 3.8) is 0 Å². The molecule has 0 aromatic heterocycles. The molecule has 0 saturated carbocycles. The lowest BCUT2D eigenvalue weighted by atomic mass is 9.93. The molecule has 1 aromatic carbocycles. The van der Waals surface area contributed by atoms with Gasteiger partial charge in [0.1, 0.15) is 5.75 Å². The molecule has 0 aliphatic rings. The lowest BCUT2D eigenvalue weighted by Crippen LogP contribution is -2.11. The summed E-state index contributed by atoms with van der Waals surface area (Å²) in [6.07, 6.45) is 1.01. The lowest BCUT2D eigenvalue weighted by Gasteiger charge is -2.18. The second kappa shape index (κ2) is 5.35. The Morgan fingerprint density at radius 3 is 2.41 bits per heavy atom. The highest BCUT2D eigenvalue weighted by atomic mass is 16.5. The second-order valence-electron chi connectivity index (χ2n) is 5.70. The molecule has 0 spiro atoms. The van der Waals surface area contributed by atoms with Crippen LogP contribution < -0.4 is 4.74 Å². The van der Waals surface area contributed by atoms with E-state index in [1.807, 2.05) is 25.1 Å². The van der Waals surface area contributed by atoms with Gasteiger partial charge in [0.15, 0.2) is 5.78 Å². The van der Waals surface area contributed by atoms with E-state index >= 15 is 0 Å². The Morgan fingerprint density at radius 1 is 1.29 bits per heavy atom. The number of Topliss-reactive ketones (excluding diaryl/α,β-unsaturated/α-hetero) is 1. The van der Waals surface area contributed by atoms with Gasteiger partial charge < -0.3 is 4.74 Å². The molecule has 0 atom stereocenters. The predicted molar refractivity (Wildman–Crippen MR) is 70.8 cm³/mol. The molecule has 0 aliphatic heterocycles. The predicted octanol–water partition coefficient (Wildman–Crippen LogP) is 4.01. The van der Waals surface area contributed by atoms with Gasteiger partial charge in [-0.05, 0) is 49.4 Å². The van der Waals surface area contributed by atoms with Crippen molar-refractivity contribution in [1.82, 2.24) is 0 Å². The number of carbonyl (C=O) groups excluding carboxylic acids is 1. The smallest absolute Gasteiger partial charge is 0.159 e. The van der Waals surface area contributed by atoms with E-state index in [1.165, 1.54) is 0 Å². The van der Waals surface area contributed by atoms with Gasteiger partial charge in [0, 0.05) is 5.56 Å². The molecule has 1 rings (SSSR count). The fraction of sp³-hybridized carbons (Fsp3) is 0.533. The molecular formula is C15H22O2. The number of carbonyl (C=O) groups is 1. The van der Waals surface area contributed by atoms with Crippen molar-refractivity contribution in [2.75, 3.05) is 6.61 Å². The van der Waals surface area contributed by atoms with Crippen molar-refractivity contribution in [2.24, 2.45) is 5.41 Å². The first-order chi connectivity index (χ1) is 7.79. The highest BCUT2D eigenvalue weighted by Gasteiger charge is 2.10. The van der Waals surface area contributed by atoms with Gasteiger partial charge >= 0.3 is 0 Å². The fourth-order valence-corrected chi connectivity index (χ4v) is 1.50. The molecule has 17 heavy (non-hydrogen) atoms. The van der Waals surface area contributed by atoms with E-state index in [2.05, 4.69) is 20.8 Å². The van der Waals surface area contributed by atoms with Crippen LogP contribution in [-0.4, -0.2) is 12.4 Å². The minimum absolute atomic E-state index is 0.0920. The SMILES string of the molecule is CC(=O)c1ccc(OCCC(C)(C)C)c(C)c1. The van der Waals surface area contributed by atoms with Gasteiger partial charge in [0.05, 0.1) is 6.61 Å². The monoisotopic (exact) mass is 234 g/mol. The molecule has 1 aromatic rings. The van der Waals surface area contributed by atoms with Crippen LogP contribution in [0.1, 0.15) is 50.0 Å². The molecule has 0 bridgehead atoms. The summed E-state index contributed by atoms with van der Waals surface area (Å²) in [7, 11) is 0. The number of hydrogen-bond donors (Lipinski definition) is 0. The van der Waals surface area contributed by atoms with Crippen molar-refractivity contribution in [3.8, 4) is 5.75 Å². The molecular weight excluding hydrogens is 212 g/mol. The van der Waals surface area contributed by atoms with Crippen LogP contribution in [0.5, 0.6) is 5.75 Å². The minimum Gasteiger partial charge on any atom is -0.493 e. The van der Waals surface area contributed by atoms with Crippen molar-refractivity contribution in [1.29, 1.82) is 0 Å². The minimum atomic E-state index is 0.0920. The van der Waals surface area contributed by atoms with E-state index in [0.717, 1.165) is 23.3 Å². The number of rotatable bonds is 4. The third-order valence-corrected chi connectivity index (χ3v) is 2.69. The Bertz CT molecular complexity index is 400. The number of benzene rings is 1. The summed E-state index contributed by atoms with van der Waals surface area (Å²) in [5.41, 5.74) is 2.05. The Kier molecular flexibility index (Phi) is 4.33. The van der Waals surface area contributed by atoms with Crippen LogP contribution in [0.3, 0.4) is 0 Å². The van der Waals surface area contributed by atoms with Gasteiger partial charge in [-0.25, -0.2) is 0 Å². The molecule has 0 heterocycles. The largest absolute Gasteiger partial charge is 0.493 e. The number of ketones is 1. The standard InChI is InChI=1S/C15H22O2/c1-11-10-13(12(2)16)6-7-14(11)17-9-8-15(3,4)5/h6-7,10H,8-9H2,1-5H3. The van der Waals surface area contributed by atoms with Gasteiger partial charge in [-0.1, -0.05) is 20.8 Å². The van der Waals surface area contributed by atoms with E-state index in [0.29, 0.717) is 6.61 Å². The zero-order valence-corrected chi connectivity index (χ0v) is 11.5. The molecule has 94 valence electrons. The summed E-state index contributed by atoms with van der Waals surface area (Å²) < 4.78 is 5.74. The van der Waals surface area contributed by atoms with Crippen LogP contribution in [0.2, 0.25) is 0 Å². The van der Waals surface area contributed by atoms with E-state index in [4.69, 9.17) is 4.74 Å². The van der Waals surface area contributed by atoms with E-state index in [-0.39, 0.29) is 11.2 Å². The maximum Gasteiger partial charge on any atom is 0.159 e. The lowest BCUT2D eigenvalue weighted by molar-refractivity contribution is 0.101. The summed E-state index contributed by atoms with van der Waals surface area (Å²) >= 11 is 0. The normalized spacial score (nSPS) is 11.4. The highest BCUT2D eigenvalue weighted by Crippen LogP contribution is 2.22. The van der Waals surface area contributed by atoms with Gasteiger partial charge in [0.25, 0.3) is 0 Å². The van der Waals surface area contributed by atoms with Gasteiger partial charge in [-0.2, -0.15) is 0 Å². The van der Waals surface area contributed by atoms with Crippen molar-refractivity contribution < 1.29 is 9.53 Å². The van der Waals surface area contributed by atoms with Crippen LogP contribution >= 0.6 is 0 Å². The van der Waals surface area contributed by atoms with Crippen molar-refractivity contribution in [2.45, 2.75) is 41.0 Å². The van der Waals surface area contributed by atoms with E-state index in [1.54, 1.807) is 6.92 Å². The number of aryl methyl sites for hydroxylation is 1. The zero-order valence-electron chi connectivity index (χ0n) is 11.5. The fourth-order valence-electron chi connectivity index (χ4n) is 1.50. The van der Waals surface area contributed by atoms with Gasteiger partial charge in [-0.3, -0.25) is 4.79 Å². The average Bonchev–Trinajstić information content (AvgIpc) is 2.18. The van der Waals surface area contributed by atoms with E-state index < -0.39 is 0 Å². The molecule has 2 heteroatoms. The first-order valence-corrected chi connectivity index (χ1v) is 6.04. The topological polar surface area (TPSA) is 26.3 Å². The Balaban J connectivity index is 2.64. The molecule has 0 aliphatic carbocycles. The summed E-state index contributed by atoms with van der Waals surface area (Å²) in [6, 6.07) is 5.59. The molecule has 0 fully saturated rings. The molecule has 2 nitrogen and oxygen atoms in total. The summed E-state index contributed by atoms with van der Waals surface area (Å²) in [5.74, 6) is 0.966. The average molecular weight is 234 g/mol. The molecule has 0 N–H and O–H groups in total. The summed E-state index contributed by atoms with van der Waals surface area (Å²) in [6.45, 7) is 10.9. The second-order valence-corrected chi connectivity index (χ2v) is 5.70. The molecule has 0 amide bonds. The maximum absolute atomic E-state index is 11.2. The number of hydrogen-bond acceptors (Lipinski definition) is 2.